The minimum absolute atomic E-state index is 0.364. The lowest BCUT2D eigenvalue weighted by molar-refractivity contribution is -0.119. The molecule has 0 unspecified atom stereocenters. The second-order valence-corrected chi connectivity index (χ2v) is 4.89. The molecule has 0 aliphatic carbocycles. The van der Waals surface area contributed by atoms with E-state index in [9.17, 15) is 10.1 Å². The van der Waals surface area contributed by atoms with Gasteiger partial charge in [0.15, 0.2) is 0 Å². The van der Waals surface area contributed by atoms with Crippen molar-refractivity contribution in [3.05, 3.63) is 35.4 Å². The lowest BCUT2D eigenvalue weighted by atomic mass is 10.1. The molecule has 1 fully saturated rings. The van der Waals surface area contributed by atoms with Gasteiger partial charge in [0.1, 0.15) is 12.1 Å². The maximum Gasteiger partial charge on any atom is 0.240 e. The zero-order valence-corrected chi connectivity index (χ0v) is 11.5. The molecule has 2 rings (SSSR count). The predicted molar refractivity (Wildman–Crippen MR) is 81.7 cm³/mol. The number of allylic oxidation sites excluding steroid dienone is 1. The summed E-state index contributed by atoms with van der Waals surface area (Å²) in [7, 11) is 0. The molecule has 0 aromatic heterocycles. The molecule has 1 heterocycles. The summed E-state index contributed by atoms with van der Waals surface area (Å²) in [6, 6.07) is 7.00. The number of nitrogens with two attached hydrogens (primary N) is 2. The number of benzene rings is 1. The number of hydrogen-bond acceptors (Lipinski definition) is 5. The molecule has 1 saturated heterocycles. The Hall–Kier alpha value is -2.81. The van der Waals surface area contributed by atoms with Crippen LogP contribution in [0.1, 0.15) is 24.0 Å². The number of carbonyl (C=O) groups is 1. The Balaban J connectivity index is 2.42. The number of hydrogen-bond donors (Lipinski definition) is 3. The van der Waals surface area contributed by atoms with Crippen LogP contribution in [0.4, 0.5) is 5.69 Å². The van der Waals surface area contributed by atoms with Crippen LogP contribution in [0.15, 0.2) is 24.3 Å². The van der Waals surface area contributed by atoms with Crippen molar-refractivity contribution in [2.75, 3.05) is 11.4 Å². The molecule has 1 aromatic carbocycles. The van der Waals surface area contributed by atoms with Gasteiger partial charge < -0.3 is 21.8 Å². The third-order valence-electron chi connectivity index (χ3n) is 3.60. The Kier molecular flexibility index (Phi) is 4.24. The SMILES string of the molecule is N#Cc1cc(/C(N)=C/C=N)ccc1N1CCC[C@@H]1C(N)=O. The fourth-order valence-corrected chi connectivity index (χ4v) is 2.59. The van der Waals surface area contributed by atoms with Crippen LogP contribution in [0.2, 0.25) is 0 Å². The molecule has 0 spiro atoms. The monoisotopic (exact) mass is 283 g/mol. The number of nitrogens with zero attached hydrogens (tertiary/aromatic N) is 2. The molecule has 5 N–H and O–H groups in total. The van der Waals surface area contributed by atoms with Crippen LogP contribution in [0.3, 0.4) is 0 Å². The Morgan fingerprint density at radius 1 is 1.48 bits per heavy atom. The summed E-state index contributed by atoms with van der Waals surface area (Å²) < 4.78 is 0. The molecule has 21 heavy (non-hydrogen) atoms. The summed E-state index contributed by atoms with van der Waals surface area (Å²) in [4.78, 5) is 13.4. The molecule has 6 heteroatoms. The minimum Gasteiger partial charge on any atom is -0.398 e. The lowest BCUT2D eigenvalue weighted by Gasteiger charge is -2.25. The first kappa shape index (κ1) is 14.6. The zero-order chi connectivity index (χ0) is 15.4. The number of anilines is 1. The normalized spacial score (nSPS) is 18.3. The molecule has 0 bridgehead atoms. The van der Waals surface area contributed by atoms with Crippen molar-refractivity contribution in [2.24, 2.45) is 11.5 Å². The second kappa shape index (κ2) is 6.09. The van der Waals surface area contributed by atoms with Crippen molar-refractivity contribution >= 4 is 23.5 Å². The van der Waals surface area contributed by atoms with E-state index in [0.29, 0.717) is 35.5 Å². The average Bonchev–Trinajstić information content (AvgIpc) is 2.96. The molecule has 1 atom stereocenters. The summed E-state index contributed by atoms with van der Waals surface area (Å²) in [6.07, 6.45) is 4.13. The highest BCUT2D eigenvalue weighted by Gasteiger charge is 2.30. The van der Waals surface area contributed by atoms with Gasteiger partial charge in [-0.25, -0.2) is 0 Å². The molecule has 108 valence electrons. The van der Waals surface area contributed by atoms with Gasteiger partial charge >= 0.3 is 0 Å². The Bertz CT molecular complexity index is 644. The predicted octanol–water partition coefficient (Wildman–Crippen LogP) is 0.962. The highest BCUT2D eigenvalue weighted by atomic mass is 16.1. The van der Waals surface area contributed by atoms with Crippen LogP contribution in [0.25, 0.3) is 5.70 Å². The summed E-state index contributed by atoms with van der Waals surface area (Å²) in [5.74, 6) is -0.372. The van der Waals surface area contributed by atoms with Gasteiger partial charge in [0.2, 0.25) is 5.91 Å². The first-order valence-electron chi connectivity index (χ1n) is 6.65. The van der Waals surface area contributed by atoms with Crippen LogP contribution < -0.4 is 16.4 Å². The van der Waals surface area contributed by atoms with E-state index in [1.165, 1.54) is 6.08 Å². The quantitative estimate of drug-likeness (QED) is 0.713. The highest BCUT2D eigenvalue weighted by molar-refractivity contribution is 5.86. The van der Waals surface area contributed by atoms with Gasteiger partial charge in [0, 0.05) is 18.5 Å². The van der Waals surface area contributed by atoms with Crippen molar-refractivity contribution in [2.45, 2.75) is 18.9 Å². The summed E-state index contributed by atoms with van der Waals surface area (Å²) >= 11 is 0. The number of amides is 1. The molecule has 1 aliphatic heterocycles. The van der Waals surface area contributed by atoms with E-state index in [1.54, 1.807) is 18.2 Å². The molecule has 1 aliphatic rings. The molecular weight excluding hydrogens is 266 g/mol. The number of carbonyl (C=O) groups excluding carboxylic acids is 1. The van der Waals surface area contributed by atoms with Crippen molar-refractivity contribution in [3.63, 3.8) is 0 Å². The molecule has 6 nitrogen and oxygen atoms in total. The van der Waals surface area contributed by atoms with E-state index in [2.05, 4.69) is 6.07 Å². The largest absolute Gasteiger partial charge is 0.398 e. The maximum atomic E-state index is 11.5. The van der Waals surface area contributed by atoms with E-state index >= 15 is 0 Å². The maximum absolute atomic E-state index is 11.5. The third kappa shape index (κ3) is 2.87. The topological polar surface area (TPSA) is 120 Å². The van der Waals surface area contributed by atoms with E-state index in [4.69, 9.17) is 16.9 Å². The van der Waals surface area contributed by atoms with E-state index in [-0.39, 0.29) is 11.9 Å². The Labute approximate surface area is 123 Å². The smallest absolute Gasteiger partial charge is 0.240 e. The van der Waals surface area contributed by atoms with Crippen LogP contribution in [-0.4, -0.2) is 24.7 Å². The number of nitrogens with one attached hydrogen (secondary N) is 1. The molecule has 0 saturated carbocycles. The van der Waals surface area contributed by atoms with Gasteiger partial charge in [-0.1, -0.05) is 6.07 Å². The molecular formula is C15H17N5O. The molecule has 1 aromatic rings. The summed E-state index contributed by atoms with van der Waals surface area (Å²) in [6.45, 7) is 0.702. The van der Waals surface area contributed by atoms with Crippen molar-refractivity contribution < 1.29 is 4.79 Å². The second-order valence-electron chi connectivity index (χ2n) is 4.89. The highest BCUT2D eigenvalue weighted by Crippen LogP contribution is 2.30. The standard InChI is InChI=1S/C15H17N5O/c16-6-5-12(18)10-3-4-13(11(8-10)9-17)20-7-1-2-14(20)15(19)21/h3-6,8,14,16H,1-2,7,18H2,(H2,19,21)/b12-5-,16-6?/t14-/m1/s1. The van der Waals surface area contributed by atoms with Crippen molar-refractivity contribution in [1.82, 2.24) is 0 Å². The van der Waals surface area contributed by atoms with Gasteiger partial charge in [-0.2, -0.15) is 5.26 Å². The Morgan fingerprint density at radius 2 is 2.24 bits per heavy atom. The van der Waals surface area contributed by atoms with Gasteiger partial charge in [0.05, 0.1) is 11.3 Å². The van der Waals surface area contributed by atoms with Crippen LogP contribution in [-0.2, 0) is 4.79 Å². The van der Waals surface area contributed by atoms with Gasteiger partial charge in [0.25, 0.3) is 0 Å². The van der Waals surface area contributed by atoms with Gasteiger partial charge in [-0.15, -0.1) is 0 Å². The number of nitriles is 1. The molecule has 1 amide bonds. The number of rotatable bonds is 4. The van der Waals surface area contributed by atoms with E-state index < -0.39 is 0 Å². The fourth-order valence-electron chi connectivity index (χ4n) is 2.59. The average molecular weight is 283 g/mol. The van der Waals surface area contributed by atoms with Crippen molar-refractivity contribution in [3.8, 4) is 6.07 Å². The Morgan fingerprint density at radius 3 is 2.86 bits per heavy atom. The molecule has 0 radical (unpaired) electrons. The van der Waals surface area contributed by atoms with Crippen LogP contribution in [0.5, 0.6) is 0 Å². The number of primary amides is 1. The van der Waals surface area contributed by atoms with Crippen LogP contribution >= 0.6 is 0 Å². The van der Waals surface area contributed by atoms with Gasteiger partial charge in [-0.3, -0.25) is 4.79 Å². The van der Waals surface area contributed by atoms with Crippen molar-refractivity contribution in [1.29, 1.82) is 10.7 Å². The van der Waals surface area contributed by atoms with E-state index in [0.717, 1.165) is 12.6 Å². The minimum atomic E-state index is -0.372. The third-order valence-corrected chi connectivity index (χ3v) is 3.60. The van der Waals surface area contributed by atoms with Gasteiger partial charge in [-0.05, 0) is 36.6 Å². The fraction of sp³-hybridized carbons (Fsp3) is 0.267. The lowest BCUT2D eigenvalue weighted by Crippen LogP contribution is -2.40. The van der Waals surface area contributed by atoms with E-state index in [1.807, 2.05) is 4.90 Å². The summed E-state index contributed by atoms with van der Waals surface area (Å²) in [5.41, 5.74) is 13.5. The first-order chi connectivity index (χ1) is 10.1. The first-order valence-corrected chi connectivity index (χ1v) is 6.65. The zero-order valence-electron chi connectivity index (χ0n) is 11.5. The van der Waals surface area contributed by atoms with Crippen LogP contribution in [0, 0.1) is 16.7 Å². The summed E-state index contributed by atoms with van der Waals surface area (Å²) in [5, 5.41) is 16.4.